The number of amides is 1. The Hall–Kier alpha value is -3.63. The Kier molecular flexibility index (Phi) is 6.95. The molecular formula is C24H24F4N6O. The lowest BCUT2D eigenvalue weighted by Gasteiger charge is -2.40. The number of carbonyl (C=O) groups excluding carboxylic acids is 1. The smallest absolute Gasteiger partial charge is 0.352 e. The van der Waals surface area contributed by atoms with Gasteiger partial charge in [-0.15, -0.1) is 0 Å². The van der Waals surface area contributed by atoms with Gasteiger partial charge in [-0.3, -0.25) is 4.79 Å². The van der Waals surface area contributed by atoms with Crippen molar-refractivity contribution in [1.29, 1.82) is 0 Å². The first-order chi connectivity index (χ1) is 16.7. The summed E-state index contributed by atoms with van der Waals surface area (Å²) in [6, 6.07) is 4.42. The van der Waals surface area contributed by atoms with Crippen LogP contribution in [0, 0.1) is 18.7 Å². The van der Waals surface area contributed by atoms with Gasteiger partial charge in [0.25, 0.3) is 5.91 Å². The van der Waals surface area contributed by atoms with Crippen molar-refractivity contribution in [3.05, 3.63) is 65.5 Å². The highest BCUT2D eigenvalue weighted by Crippen LogP contribution is 2.31. The van der Waals surface area contributed by atoms with Gasteiger partial charge in [0.05, 0.1) is 22.7 Å². The SMILES string of the molecule is Cc1ccc(C(=O)N2CCC[C@@H](C)C2CNc2ncc(C(F)(F)F)cn2)c(-c2ncccn2)c1F. The highest BCUT2D eigenvalue weighted by Gasteiger charge is 2.35. The number of anilines is 1. The number of nitrogens with one attached hydrogen (secondary N) is 1. The van der Waals surface area contributed by atoms with Crippen molar-refractivity contribution < 1.29 is 22.4 Å². The number of likely N-dealkylation sites (tertiary alicyclic amines) is 1. The predicted molar refractivity (Wildman–Crippen MR) is 121 cm³/mol. The van der Waals surface area contributed by atoms with Crippen LogP contribution in [0.1, 0.15) is 41.3 Å². The number of rotatable bonds is 5. The molecule has 184 valence electrons. The molecule has 1 unspecified atom stereocenters. The third kappa shape index (κ3) is 5.23. The molecule has 3 heterocycles. The number of hydrogen-bond donors (Lipinski definition) is 1. The molecule has 0 radical (unpaired) electrons. The number of benzene rings is 1. The molecule has 7 nitrogen and oxygen atoms in total. The maximum atomic E-state index is 15.2. The first-order valence-electron chi connectivity index (χ1n) is 11.2. The van der Waals surface area contributed by atoms with Crippen molar-refractivity contribution in [2.75, 3.05) is 18.4 Å². The standard InChI is InChI=1S/C24H24F4N6O/c1-14-5-3-10-34(18(14)13-33-23-31-11-16(12-32-23)24(26,27)28)22(35)17-7-6-15(2)20(25)19(17)21-29-8-4-9-30-21/h4,6-9,11-12,14,18H,3,5,10,13H2,1-2H3,(H,31,32,33)/t14-,18?/m1/s1. The zero-order chi connectivity index (χ0) is 25.2. The average molecular weight is 488 g/mol. The van der Waals surface area contributed by atoms with E-state index in [9.17, 15) is 18.0 Å². The molecule has 3 aromatic rings. The fourth-order valence-corrected chi connectivity index (χ4v) is 4.23. The Balaban J connectivity index is 1.60. The number of carbonyl (C=O) groups is 1. The summed E-state index contributed by atoms with van der Waals surface area (Å²) < 4.78 is 53.5. The van der Waals surface area contributed by atoms with Crippen LogP contribution in [0.15, 0.2) is 43.0 Å². The van der Waals surface area contributed by atoms with E-state index in [1.165, 1.54) is 12.4 Å². The van der Waals surface area contributed by atoms with Gasteiger partial charge in [-0.05, 0) is 43.4 Å². The monoisotopic (exact) mass is 488 g/mol. The Labute approximate surface area is 199 Å². The van der Waals surface area contributed by atoms with Gasteiger partial charge in [-0.1, -0.05) is 13.0 Å². The maximum absolute atomic E-state index is 15.2. The van der Waals surface area contributed by atoms with Gasteiger partial charge in [0.2, 0.25) is 5.95 Å². The Morgan fingerprint density at radius 2 is 1.83 bits per heavy atom. The molecule has 11 heteroatoms. The summed E-state index contributed by atoms with van der Waals surface area (Å²) in [5.41, 5.74) is -0.368. The molecule has 1 amide bonds. The van der Waals surface area contributed by atoms with Gasteiger partial charge in [0, 0.05) is 37.9 Å². The first-order valence-corrected chi connectivity index (χ1v) is 11.2. The fourth-order valence-electron chi connectivity index (χ4n) is 4.23. The normalized spacial score (nSPS) is 18.4. The minimum absolute atomic E-state index is 0.0305. The van der Waals surface area contributed by atoms with Crippen LogP contribution >= 0.6 is 0 Å². The van der Waals surface area contributed by atoms with Crippen LogP contribution in [-0.2, 0) is 6.18 Å². The molecule has 2 aromatic heterocycles. The summed E-state index contributed by atoms with van der Waals surface area (Å²) in [7, 11) is 0. The van der Waals surface area contributed by atoms with E-state index in [0.717, 1.165) is 12.8 Å². The minimum Gasteiger partial charge on any atom is -0.352 e. The summed E-state index contributed by atoms with van der Waals surface area (Å²) in [5.74, 6) is -0.683. The molecule has 2 atom stereocenters. The third-order valence-corrected chi connectivity index (χ3v) is 6.18. The number of nitrogens with zero attached hydrogens (tertiary/aromatic N) is 5. The predicted octanol–water partition coefficient (Wildman–Crippen LogP) is 4.75. The number of halogens is 4. The minimum atomic E-state index is -4.52. The zero-order valence-corrected chi connectivity index (χ0v) is 19.2. The van der Waals surface area contributed by atoms with Crippen molar-refractivity contribution in [1.82, 2.24) is 24.8 Å². The second-order valence-electron chi connectivity index (χ2n) is 8.55. The fraction of sp³-hybridized carbons (Fsp3) is 0.375. The molecule has 4 rings (SSSR count). The second kappa shape index (κ2) is 9.93. The topological polar surface area (TPSA) is 83.9 Å². The summed E-state index contributed by atoms with van der Waals surface area (Å²) in [5, 5.41) is 2.94. The molecule has 0 aliphatic carbocycles. The van der Waals surface area contributed by atoms with Crippen molar-refractivity contribution in [2.24, 2.45) is 5.92 Å². The van der Waals surface area contributed by atoms with Crippen LogP contribution in [-0.4, -0.2) is 49.9 Å². The van der Waals surface area contributed by atoms with Crippen LogP contribution in [0.5, 0.6) is 0 Å². The Morgan fingerprint density at radius 1 is 1.14 bits per heavy atom. The van der Waals surface area contributed by atoms with Gasteiger partial charge in [0.15, 0.2) is 5.82 Å². The van der Waals surface area contributed by atoms with E-state index in [2.05, 4.69) is 25.3 Å². The van der Waals surface area contributed by atoms with E-state index < -0.39 is 17.6 Å². The number of piperidine rings is 1. The van der Waals surface area contributed by atoms with E-state index in [1.807, 2.05) is 6.92 Å². The second-order valence-corrected chi connectivity index (χ2v) is 8.55. The maximum Gasteiger partial charge on any atom is 0.419 e. The highest BCUT2D eigenvalue weighted by atomic mass is 19.4. The van der Waals surface area contributed by atoms with Crippen LogP contribution in [0.2, 0.25) is 0 Å². The van der Waals surface area contributed by atoms with Crippen molar-refractivity contribution in [3.63, 3.8) is 0 Å². The van der Waals surface area contributed by atoms with Crippen LogP contribution in [0.25, 0.3) is 11.4 Å². The molecule has 1 aliphatic rings. The summed E-state index contributed by atoms with van der Waals surface area (Å²) >= 11 is 0. The quantitative estimate of drug-likeness (QED) is 0.522. The van der Waals surface area contributed by atoms with E-state index in [0.29, 0.717) is 24.5 Å². The lowest BCUT2D eigenvalue weighted by molar-refractivity contribution is -0.138. The molecule has 0 saturated carbocycles. The first kappa shape index (κ1) is 24.5. The van der Waals surface area contributed by atoms with Gasteiger partial charge < -0.3 is 10.2 Å². The number of aryl methyl sites for hydroxylation is 1. The molecule has 1 aromatic carbocycles. The van der Waals surface area contributed by atoms with Gasteiger partial charge in [-0.25, -0.2) is 24.3 Å². The van der Waals surface area contributed by atoms with Crippen molar-refractivity contribution in [2.45, 2.75) is 38.9 Å². The number of hydrogen-bond acceptors (Lipinski definition) is 6. The molecule has 1 saturated heterocycles. The Morgan fingerprint density at radius 3 is 2.49 bits per heavy atom. The van der Waals surface area contributed by atoms with E-state index in [-0.39, 0.29) is 47.3 Å². The number of alkyl halides is 3. The lowest BCUT2D eigenvalue weighted by atomic mass is 9.89. The molecule has 35 heavy (non-hydrogen) atoms. The lowest BCUT2D eigenvalue weighted by Crippen LogP contribution is -2.51. The Bertz CT molecular complexity index is 1190. The molecule has 1 aliphatic heterocycles. The van der Waals surface area contributed by atoms with Crippen LogP contribution in [0.4, 0.5) is 23.5 Å². The summed E-state index contributed by atoms with van der Waals surface area (Å²) in [6.45, 7) is 4.28. The van der Waals surface area contributed by atoms with Gasteiger partial charge in [-0.2, -0.15) is 13.2 Å². The van der Waals surface area contributed by atoms with Crippen LogP contribution in [0.3, 0.4) is 0 Å². The summed E-state index contributed by atoms with van der Waals surface area (Å²) in [6.07, 6.45) is 1.50. The third-order valence-electron chi connectivity index (χ3n) is 6.18. The summed E-state index contributed by atoms with van der Waals surface area (Å²) in [4.78, 5) is 31.1. The van der Waals surface area contributed by atoms with Gasteiger partial charge >= 0.3 is 6.18 Å². The zero-order valence-electron chi connectivity index (χ0n) is 19.2. The van der Waals surface area contributed by atoms with E-state index in [4.69, 9.17) is 0 Å². The van der Waals surface area contributed by atoms with Crippen molar-refractivity contribution >= 4 is 11.9 Å². The average Bonchev–Trinajstić information content (AvgIpc) is 2.84. The largest absolute Gasteiger partial charge is 0.419 e. The van der Waals surface area contributed by atoms with E-state index in [1.54, 1.807) is 30.0 Å². The van der Waals surface area contributed by atoms with Crippen molar-refractivity contribution in [3.8, 4) is 11.4 Å². The molecular weight excluding hydrogens is 464 g/mol. The van der Waals surface area contributed by atoms with E-state index >= 15 is 4.39 Å². The van der Waals surface area contributed by atoms with Crippen LogP contribution < -0.4 is 5.32 Å². The molecule has 0 spiro atoms. The molecule has 0 bridgehead atoms. The number of aromatic nitrogens is 4. The van der Waals surface area contributed by atoms with Gasteiger partial charge in [0.1, 0.15) is 5.82 Å². The molecule has 1 N–H and O–H groups in total. The highest BCUT2D eigenvalue weighted by molar-refractivity contribution is 6.00. The molecule has 1 fully saturated rings.